The van der Waals surface area contributed by atoms with Crippen LogP contribution in [0.5, 0.6) is 0 Å². The number of carbonyl (C=O) groups is 1. The lowest BCUT2D eigenvalue weighted by Gasteiger charge is -2.18. The van der Waals surface area contributed by atoms with Crippen LogP contribution in [-0.4, -0.2) is 5.78 Å². The third-order valence-corrected chi connectivity index (χ3v) is 4.39. The molecule has 0 aliphatic heterocycles. The molecule has 0 spiro atoms. The number of rotatable bonds is 0. The molecule has 0 N–H and O–H groups in total. The molecule has 104 valence electrons. The fraction of sp³-hybridized carbons (Fsp3) is 0.421. The fourth-order valence-corrected chi connectivity index (χ4v) is 3.32. The minimum atomic E-state index is 0.260. The Kier molecular flexibility index (Phi) is 4.15. The van der Waals surface area contributed by atoms with E-state index in [4.69, 9.17) is 0 Å². The van der Waals surface area contributed by atoms with Crippen molar-refractivity contribution >= 4 is 11.4 Å². The lowest BCUT2D eigenvalue weighted by atomic mass is 9.86. The smallest absolute Gasteiger partial charge is 0.159 e. The molecule has 0 atom stereocenters. The summed E-state index contributed by atoms with van der Waals surface area (Å²) in [7, 11) is 0. The third-order valence-electron chi connectivity index (χ3n) is 4.39. The summed E-state index contributed by atoms with van der Waals surface area (Å²) < 4.78 is 0. The van der Waals surface area contributed by atoms with Gasteiger partial charge in [-0.3, -0.25) is 4.79 Å². The van der Waals surface area contributed by atoms with Gasteiger partial charge in [-0.25, -0.2) is 0 Å². The first-order valence-corrected chi connectivity index (χ1v) is 7.87. The zero-order valence-electron chi connectivity index (χ0n) is 12.0. The molecule has 0 unspecified atom stereocenters. The van der Waals surface area contributed by atoms with Crippen LogP contribution in [0.3, 0.4) is 0 Å². The Hall–Kier alpha value is -1.63. The Morgan fingerprint density at radius 1 is 0.850 bits per heavy atom. The maximum absolute atomic E-state index is 11.7. The molecule has 0 aromatic heterocycles. The largest absolute Gasteiger partial charge is 0.294 e. The molecule has 0 saturated heterocycles. The number of ketones is 1. The Labute approximate surface area is 121 Å². The molecule has 0 fully saturated rings. The molecule has 1 heteroatoms. The van der Waals surface area contributed by atoms with E-state index in [9.17, 15) is 4.79 Å². The topological polar surface area (TPSA) is 17.1 Å². The van der Waals surface area contributed by atoms with E-state index in [-0.39, 0.29) is 5.78 Å². The molecule has 0 amide bonds. The Morgan fingerprint density at radius 3 is 2.50 bits per heavy atom. The second-order valence-electron chi connectivity index (χ2n) is 5.88. The number of hydrogen-bond acceptors (Lipinski definition) is 1. The lowest BCUT2D eigenvalue weighted by Crippen LogP contribution is -2.05. The summed E-state index contributed by atoms with van der Waals surface area (Å²) in [4.78, 5) is 11.7. The number of aryl methyl sites for hydroxylation is 1. The summed E-state index contributed by atoms with van der Waals surface area (Å²) in [6.07, 6.45) is 13.2. The Morgan fingerprint density at radius 2 is 1.60 bits per heavy atom. The highest BCUT2D eigenvalue weighted by atomic mass is 16.1. The van der Waals surface area contributed by atoms with Gasteiger partial charge in [-0.15, -0.1) is 0 Å². The third kappa shape index (κ3) is 2.92. The summed E-state index contributed by atoms with van der Waals surface area (Å²) in [6, 6.07) is 8.73. The van der Waals surface area contributed by atoms with Gasteiger partial charge in [0.2, 0.25) is 0 Å². The minimum Gasteiger partial charge on any atom is -0.294 e. The maximum atomic E-state index is 11.7. The van der Waals surface area contributed by atoms with E-state index in [0.29, 0.717) is 6.42 Å². The normalized spacial score (nSPS) is 20.1. The number of fused-ring (bicyclic) bond motifs is 3. The van der Waals surface area contributed by atoms with Gasteiger partial charge in [-0.1, -0.05) is 49.6 Å². The molecule has 0 heterocycles. The first-order valence-electron chi connectivity index (χ1n) is 7.87. The molecule has 3 rings (SSSR count). The van der Waals surface area contributed by atoms with Crippen molar-refractivity contribution in [1.82, 2.24) is 0 Å². The van der Waals surface area contributed by atoms with Gasteiger partial charge in [0.1, 0.15) is 0 Å². The molecule has 0 radical (unpaired) electrons. The second-order valence-corrected chi connectivity index (χ2v) is 5.88. The zero-order valence-corrected chi connectivity index (χ0v) is 12.0. The summed E-state index contributed by atoms with van der Waals surface area (Å²) in [5.74, 6) is 0.260. The van der Waals surface area contributed by atoms with Gasteiger partial charge in [0.25, 0.3) is 0 Å². The number of allylic oxidation sites excluding steroid dienone is 4. The number of carbonyl (C=O) groups excluding carboxylic acids is 1. The van der Waals surface area contributed by atoms with Crippen molar-refractivity contribution in [3.63, 3.8) is 0 Å². The van der Waals surface area contributed by atoms with Crippen molar-refractivity contribution in [3.8, 4) is 0 Å². The Balaban J connectivity index is 2.01. The van der Waals surface area contributed by atoms with E-state index >= 15 is 0 Å². The molecular formula is C19H22O. The van der Waals surface area contributed by atoms with E-state index in [1.807, 2.05) is 6.08 Å². The monoisotopic (exact) mass is 266 g/mol. The van der Waals surface area contributed by atoms with E-state index in [2.05, 4.69) is 30.3 Å². The van der Waals surface area contributed by atoms with Gasteiger partial charge in [0, 0.05) is 6.42 Å². The van der Waals surface area contributed by atoms with E-state index in [1.54, 1.807) is 0 Å². The van der Waals surface area contributed by atoms with Gasteiger partial charge in [0.15, 0.2) is 5.78 Å². The van der Waals surface area contributed by atoms with Crippen LogP contribution in [-0.2, 0) is 11.2 Å². The highest BCUT2D eigenvalue weighted by molar-refractivity contribution is 6.00. The van der Waals surface area contributed by atoms with Crippen molar-refractivity contribution < 1.29 is 4.79 Å². The van der Waals surface area contributed by atoms with Crippen LogP contribution in [0.25, 0.3) is 5.57 Å². The minimum absolute atomic E-state index is 0.260. The molecule has 0 bridgehead atoms. The molecule has 1 aromatic carbocycles. The molecule has 2 aliphatic rings. The van der Waals surface area contributed by atoms with Gasteiger partial charge in [0.05, 0.1) is 0 Å². The highest BCUT2D eigenvalue weighted by Crippen LogP contribution is 2.34. The summed E-state index contributed by atoms with van der Waals surface area (Å²) in [6.45, 7) is 0. The first kappa shape index (κ1) is 13.4. The number of hydrogen-bond donors (Lipinski definition) is 0. The van der Waals surface area contributed by atoms with Crippen LogP contribution in [0, 0.1) is 0 Å². The van der Waals surface area contributed by atoms with E-state index in [0.717, 1.165) is 12.8 Å². The standard InChI is InChI=1S/C19H22O/c20-17-12-13-19-16(14-17)10-5-3-1-2-4-8-15-9-6-7-11-18(15)19/h6-7,9,11,13-14H,1-5,8,10,12H2. The molecule has 20 heavy (non-hydrogen) atoms. The van der Waals surface area contributed by atoms with Crippen LogP contribution >= 0.6 is 0 Å². The number of benzene rings is 1. The quantitative estimate of drug-likeness (QED) is 0.655. The maximum Gasteiger partial charge on any atom is 0.159 e. The molecule has 1 nitrogen and oxygen atoms in total. The summed E-state index contributed by atoms with van der Waals surface area (Å²) in [5.41, 5.74) is 5.38. The molecule has 2 aliphatic carbocycles. The summed E-state index contributed by atoms with van der Waals surface area (Å²) >= 11 is 0. The van der Waals surface area contributed by atoms with Gasteiger partial charge >= 0.3 is 0 Å². The van der Waals surface area contributed by atoms with Crippen LogP contribution in [0.15, 0.2) is 42.0 Å². The van der Waals surface area contributed by atoms with E-state index in [1.165, 1.54) is 54.4 Å². The molecule has 0 saturated carbocycles. The van der Waals surface area contributed by atoms with Gasteiger partial charge in [-0.2, -0.15) is 0 Å². The lowest BCUT2D eigenvalue weighted by molar-refractivity contribution is -0.113. The van der Waals surface area contributed by atoms with E-state index < -0.39 is 0 Å². The van der Waals surface area contributed by atoms with Crippen molar-refractivity contribution in [3.05, 3.63) is 53.1 Å². The highest BCUT2D eigenvalue weighted by Gasteiger charge is 2.17. The van der Waals surface area contributed by atoms with Gasteiger partial charge < -0.3 is 0 Å². The summed E-state index contributed by atoms with van der Waals surface area (Å²) in [5, 5.41) is 0. The van der Waals surface area contributed by atoms with Crippen molar-refractivity contribution in [2.45, 2.75) is 51.4 Å². The predicted molar refractivity (Wildman–Crippen MR) is 83.5 cm³/mol. The van der Waals surface area contributed by atoms with Gasteiger partial charge in [-0.05, 0) is 54.0 Å². The Bertz CT molecular complexity index is 563. The molecular weight excluding hydrogens is 244 g/mol. The predicted octanol–water partition coefficient (Wildman–Crippen LogP) is 4.87. The van der Waals surface area contributed by atoms with Crippen molar-refractivity contribution in [1.29, 1.82) is 0 Å². The average molecular weight is 266 g/mol. The molecule has 1 aromatic rings. The fourth-order valence-electron chi connectivity index (χ4n) is 3.32. The van der Waals surface area contributed by atoms with Crippen molar-refractivity contribution in [2.24, 2.45) is 0 Å². The van der Waals surface area contributed by atoms with Crippen LogP contribution in [0.4, 0.5) is 0 Å². The average Bonchev–Trinajstić information content (AvgIpc) is 2.50. The van der Waals surface area contributed by atoms with Crippen LogP contribution < -0.4 is 0 Å². The van der Waals surface area contributed by atoms with Crippen LogP contribution in [0.1, 0.15) is 56.1 Å². The van der Waals surface area contributed by atoms with Crippen LogP contribution in [0.2, 0.25) is 0 Å². The first-order chi connectivity index (χ1) is 9.84. The zero-order chi connectivity index (χ0) is 13.8. The SMILES string of the molecule is O=C1C=C2CCCCCCCc3ccccc3C2=CC1. The van der Waals surface area contributed by atoms with Crippen molar-refractivity contribution in [2.75, 3.05) is 0 Å². The second kappa shape index (κ2) is 6.21.